The van der Waals surface area contributed by atoms with Crippen LogP contribution in [0.5, 0.6) is 0 Å². The highest BCUT2D eigenvalue weighted by atomic mass is 15.1. The Morgan fingerprint density at radius 1 is 1.29 bits per heavy atom. The minimum atomic E-state index is 0.631. The first-order valence-electron chi connectivity index (χ1n) is 6.82. The van der Waals surface area contributed by atoms with E-state index in [1.54, 1.807) is 0 Å². The molecule has 1 saturated carbocycles. The smallest absolute Gasteiger partial charge is 0.0351 e. The van der Waals surface area contributed by atoms with Crippen LogP contribution in [0.2, 0.25) is 0 Å². The van der Waals surface area contributed by atoms with Gasteiger partial charge in [-0.1, -0.05) is 12.5 Å². The molecule has 2 N–H and O–H groups in total. The Balaban J connectivity index is 1.73. The van der Waals surface area contributed by atoms with Gasteiger partial charge in [-0.3, -0.25) is 4.90 Å². The molecule has 2 aliphatic carbocycles. The summed E-state index contributed by atoms with van der Waals surface area (Å²) in [6, 6.07) is 7.08. The molecule has 1 aromatic rings. The summed E-state index contributed by atoms with van der Waals surface area (Å²) >= 11 is 0. The highest BCUT2D eigenvalue weighted by Crippen LogP contribution is 2.37. The molecule has 1 fully saturated rings. The predicted octanol–water partition coefficient (Wildman–Crippen LogP) is 2.99. The fraction of sp³-hybridized carbons (Fsp3) is 0.600. The van der Waals surface area contributed by atoms with Gasteiger partial charge < -0.3 is 5.73 Å². The van der Waals surface area contributed by atoms with Gasteiger partial charge in [-0.05, 0) is 61.9 Å². The van der Waals surface area contributed by atoms with E-state index in [-0.39, 0.29) is 0 Å². The molecule has 1 unspecified atom stereocenters. The highest BCUT2D eigenvalue weighted by molar-refractivity contribution is 5.47. The molecule has 1 aromatic carbocycles. The van der Waals surface area contributed by atoms with Crippen molar-refractivity contribution < 1.29 is 0 Å². The summed E-state index contributed by atoms with van der Waals surface area (Å²) in [5.74, 6) is 0.956. The number of nitrogens with two attached hydrogens (primary N) is 1. The van der Waals surface area contributed by atoms with E-state index in [0.717, 1.165) is 11.6 Å². The lowest BCUT2D eigenvalue weighted by Crippen LogP contribution is -2.31. The molecule has 0 saturated heterocycles. The zero-order valence-corrected chi connectivity index (χ0v) is 10.7. The molecule has 0 aromatic heterocycles. The van der Waals surface area contributed by atoms with Gasteiger partial charge in [0.25, 0.3) is 0 Å². The zero-order valence-electron chi connectivity index (χ0n) is 10.7. The molecule has 1 atom stereocenters. The molecule has 0 spiro atoms. The number of anilines is 1. The van der Waals surface area contributed by atoms with E-state index in [0.29, 0.717) is 6.04 Å². The largest absolute Gasteiger partial charge is 0.399 e. The summed E-state index contributed by atoms with van der Waals surface area (Å²) in [4.78, 5) is 2.56. The maximum Gasteiger partial charge on any atom is 0.0351 e. The normalized spacial score (nSPS) is 23.8. The lowest BCUT2D eigenvalue weighted by molar-refractivity contribution is 0.162. The fourth-order valence-corrected chi connectivity index (χ4v) is 3.28. The van der Waals surface area contributed by atoms with Crippen LogP contribution >= 0.6 is 0 Å². The van der Waals surface area contributed by atoms with Gasteiger partial charge in [0.05, 0.1) is 0 Å². The van der Waals surface area contributed by atoms with Crippen molar-refractivity contribution in [3.63, 3.8) is 0 Å². The van der Waals surface area contributed by atoms with Crippen molar-refractivity contribution in [1.29, 1.82) is 0 Å². The van der Waals surface area contributed by atoms with Crippen LogP contribution in [-0.4, -0.2) is 18.5 Å². The average Bonchev–Trinajstić information content (AvgIpc) is 2.66. The van der Waals surface area contributed by atoms with Gasteiger partial charge in [0.2, 0.25) is 0 Å². The number of fused-ring (bicyclic) bond motifs is 1. The number of benzene rings is 1. The SMILES string of the molecule is CN(CC1CCC1)C1CCc2cc(N)ccc21. The van der Waals surface area contributed by atoms with Crippen LogP contribution < -0.4 is 5.73 Å². The maximum atomic E-state index is 5.85. The third kappa shape index (κ3) is 2.06. The van der Waals surface area contributed by atoms with E-state index >= 15 is 0 Å². The second-order valence-electron chi connectivity index (χ2n) is 5.75. The van der Waals surface area contributed by atoms with Crippen LogP contribution in [0.3, 0.4) is 0 Å². The van der Waals surface area contributed by atoms with Gasteiger partial charge in [-0.2, -0.15) is 0 Å². The Morgan fingerprint density at radius 2 is 2.12 bits per heavy atom. The van der Waals surface area contributed by atoms with Crippen molar-refractivity contribution in [2.75, 3.05) is 19.3 Å². The molecule has 17 heavy (non-hydrogen) atoms. The van der Waals surface area contributed by atoms with Crippen LogP contribution in [0.4, 0.5) is 5.69 Å². The van der Waals surface area contributed by atoms with Crippen molar-refractivity contribution >= 4 is 5.69 Å². The van der Waals surface area contributed by atoms with E-state index in [4.69, 9.17) is 5.73 Å². The van der Waals surface area contributed by atoms with E-state index < -0.39 is 0 Å². The minimum absolute atomic E-state index is 0.631. The fourth-order valence-electron chi connectivity index (χ4n) is 3.28. The van der Waals surface area contributed by atoms with E-state index in [1.807, 2.05) is 6.07 Å². The first-order valence-corrected chi connectivity index (χ1v) is 6.82. The number of hydrogen-bond acceptors (Lipinski definition) is 2. The lowest BCUT2D eigenvalue weighted by atomic mass is 9.85. The summed E-state index contributed by atoms with van der Waals surface area (Å²) in [6.45, 7) is 1.27. The van der Waals surface area contributed by atoms with Crippen molar-refractivity contribution in [2.45, 2.75) is 38.1 Å². The van der Waals surface area contributed by atoms with Crippen molar-refractivity contribution in [2.24, 2.45) is 5.92 Å². The highest BCUT2D eigenvalue weighted by Gasteiger charge is 2.28. The minimum Gasteiger partial charge on any atom is -0.399 e. The molecule has 3 rings (SSSR count). The third-order valence-corrected chi connectivity index (χ3v) is 4.52. The van der Waals surface area contributed by atoms with E-state index in [9.17, 15) is 0 Å². The van der Waals surface area contributed by atoms with Crippen molar-refractivity contribution in [3.8, 4) is 0 Å². The molecule has 0 amide bonds. The van der Waals surface area contributed by atoms with Crippen molar-refractivity contribution in [1.82, 2.24) is 4.90 Å². The summed E-state index contributed by atoms with van der Waals surface area (Å²) < 4.78 is 0. The molecular weight excluding hydrogens is 208 g/mol. The first kappa shape index (κ1) is 11.1. The Labute approximate surface area is 104 Å². The van der Waals surface area contributed by atoms with Gasteiger partial charge in [0.15, 0.2) is 0 Å². The summed E-state index contributed by atoms with van der Waals surface area (Å²) in [7, 11) is 2.29. The molecule has 0 aliphatic heterocycles. The van der Waals surface area contributed by atoms with Crippen molar-refractivity contribution in [3.05, 3.63) is 29.3 Å². The van der Waals surface area contributed by atoms with E-state index in [2.05, 4.69) is 24.1 Å². The molecule has 2 nitrogen and oxygen atoms in total. The second-order valence-corrected chi connectivity index (χ2v) is 5.75. The van der Waals surface area contributed by atoms with Crippen LogP contribution in [-0.2, 0) is 6.42 Å². The second kappa shape index (κ2) is 4.34. The molecule has 2 heteroatoms. The number of aryl methyl sites for hydroxylation is 1. The molecule has 92 valence electrons. The third-order valence-electron chi connectivity index (χ3n) is 4.52. The summed E-state index contributed by atoms with van der Waals surface area (Å²) in [6.07, 6.45) is 6.77. The van der Waals surface area contributed by atoms with Gasteiger partial charge in [0.1, 0.15) is 0 Å². The van der Waals surface area contributed by atoms with Gasteiger partial charge in [-0.15, -0.1) is 0 Å². The molecule has 2 aliphatic rings. The van der Waals surface area contributed by atoms with Gasteiger partial charge in [0, 0.05) is 18.3 Å². The lowest BCUT2D eigenvalue weighted by Gasteiger charge is -2.33. The van der Waals surface area contributed by atoms with E-state index in [1.165, 1.54) is 49.8 Å². The first-order chi connectivity index (χ1) is 8.24. The zero-order chi connectivity index (χ0) is 11.8. The summed E-state index contributed by atoms with van der Waals surface area (Å²) in [5.41, 5.74) is 9.74. The Kier molecular flexibility index (Phi) is 2.83. The Hall–Kier alpha value is -1.02. The topological polar surface area (TPSA) is 29.3 Å². The van der Waals surface area contributed by atoms with Crippen LogP contribution in [0, 0.1) is 5.92 Å². The monoisotopic (exact) mass is 230 g/mol. The number of nitrogen functional groups attached to an aromatic ring is 1. The average molecular weight is 230 g/mol. The molecule has 0 radical (unpaired) electrons. The van der Waals surface area contributed by atoms with Crippen LogP contribution in [0.1, 0.15) is 42.9 Å². The standard InChI is InChI=1S/C15H22N2/c1-17(10-11-3-2-4-11)15-8-5-12-9-13(16)6-7-14(12)15/h6-7,9,11,15H,2-5,8,10,16H2,1H3. The predicted molar refractivity (Wildman–Crippen MR) is 71.9 cm³/mol. The number of nitrogens with zero attached hydrogens (tertiary/aromatic N) is 1. The van der Waals surface area contributed by atoms with Crippen LogP contribution in [0.15, 0.2) is 18.2 Å². The molecule has 0 heterocycles. The van der Waals surface area contributed by atoms with Crippen LogP contribution in [0.25, 0.3) is 0 Å². The summed E-state index contributed by atoms with van der Waals surface area (Å²) in [5, 5.41) is 0. The maximum absolute atomic E-state index is 5.85. The van der Waals surface area contributed by atoms with Gasteiger partial charge in [-0.25, -0.2) is 0 Å². The molecular formula is C15H22N2. The Bertz CT molecular complexity index is 409. The Morgan fingerprint density at radius 3 is 2.82 bits per heavy atom. The number of rotatable bonds is 3. The quantitative estimate of drug-likeness (QED) is 0.809. The molecule has 0 bridgehead atoms. The van der Waals surface area contributed by atoms with Gasteiger partial charge >= 0.3 is 0 Å². The number of hydrogen-bond donors (Lipinski definition) is 1.